The highest BCUT2D eigenvalue weighted by molar-refractivity contribution is 6.20. The summed E-state index contributed by atoms with van der Waals surface area (Å²) in [7, 11) is 0. The summed E-state index contributed by atoms with van der Waals surface area (Å²) in [6.45, 7) is 4.79. The van der Waals surface area contributed by atoms with Crippen molar-refractivity contribution in [2.75, 3.05) is 0 Å². The molecule has 0 aromatic rings. The molecule has 0 aliphatic carbocycles. The number of hydrogen-bond acceptors (Lipinski definition) is 8. The second kappa shape index (κ2) is 21.0. The first kappa shape index (κ1) is 36.1. The number of hydrogen-bond donors (Lipinski definition) is 3. The molecule has 0 aliphatic rings. The molecule has 0 saturated carbocycles. The smallest absolute Gasteiger partial charge is 0.340 e. The van der Waals surface area contributed by atoms with Gasteiger partial charge in [0.1, 0.15) is 0 Å². The van der Waals surface area contributed by atoms with Gasteiger partial charge < -0.3 is 24.8 Å². The molecule has 0 spiro atoms. The van der Waals surface area contributed by atoms with Gasteiger partial charge in [-0.2, -0.15) is 0 Å². The second-order valence-electron chi connectivity index (χ2n) is 9.71. The van der Waals surface area contributed by atoms with Crippen molar-refractivity contribution in [3.63, 3.8) is 0 Å². The normalized spacial score (nSPS) is 16.3. The van der Waals surface area contributed by atoms with E-state index in [9.17, 15) is 29.7 Å². The summed E-state index contributed by atoms with van der Waals surface area (Å²) in [5.74, 6) is -4.00. The number of ketones is 1. The number of carbonyl (C=O) groups is 3. The highest BCUT2D eigenvalue weighted by Crippen LogP contribution is 2.25. The summed E-state index contributed by atoms with van der Waals surface area (Å²) < 4.78 is 9.25. The number of aliphatic hydroxyl groups is 3. The molecule has 37 heavy (non-hydrogen) atoms. The van der Waals surface area contributed by atoms with E-state index in [-0.39, 0.29) is 6.42 Å². The lowest BCUT2D eigenvalue weighted by molar-refractivity contribution is -0.200. The van der Waals surface area contributed by atoms with Gasteiger partial charge in [0, 0.05) is 6.42 Å². The van der Waals surface area contributed by atoms with Crippen molar-refractivity contribution in [3.8, 4) is 0 Å². The van der Waals surface area contributed by atoms with Crippen LogP contribution >= 0.6 is 23.2 Å². The van der Waals surface area contributed by atoms with E-state index in [0.717, 1.165) is 19.3 Å². The summed E-state index contributed by atoms with van der Waals surface area (Å²) in [6, 6.07) is 0. The van der Waals surface area contributed by atoms with Gasteiger partial charge in [-0.25, -0.2) is 9.59 Å². The minimum Gasteiger partial charge on any atom is -0.444 e. The summed E-state index contributed by atoms with van der Waals surface area (Å²) in [6.07, 6.45) is 11.6. The monoisotopic (exact) mass is 570 g/mol. The standard InChI is InChI=1S/C27H48Cl2O8/c1-4-5-6-7-8-9-10-11-12-13-14-15-16-17-18-19-22(30)27(35,23(31)25(33)36-20(2)28)24(32)26(34)37-21(3)29/h20-21,23-24,31-32,35H,4-19H2,1-3H3. The summed E-state index contributed by atoms with van der Waals surface area (Å²) in [5, 5.41) is 31.5. The van der Waals surface area contributed by atoms with Crippen molar-refractivity contribution in [3.05, 3.63) is 0 Å². The SMILES string of the molecule is CCCCCCCCCCCCCCCCCC(=O)C(O)(C(O)C(=O)OC(C)Cl)C(O)C(=O)OC(C)Cl. The lowest BCUT2D eigenvalue weighted by atomic mass is 9.83. The summed E-state index contributed by atoms with van der Waals surface area (Å²) >= 11 is 11.1. The number of aliphatic hydroxyl groups excluding tert-OH is 2. The van der Waals surface area contributed by atoms with Gasteiger partial charge in [0.15, 0.2) is 34.7 Å². The molecular formula is C27H48Cl2O8. The van der Waals surface area contributed by atoms with Crippen molar-refractivity contribution in [2.45, 2.75) is 152 Å². The minimum atomic E-state index is -3.16. The Balaban J connectivity index is 4.47. The van der Waals surface area contributed by atoms with Crippen LogP contribution < -0.4 is 0 Å². The Kier molecular flexibility index (Phi) is 20.4. The average Bonchev–Trinajstić information content (AvgIpc) is 2.83. The van der Waals surface area contributed by atoms with Gasteiger partial charge in [-0.15, -0.1) is 0 Å². The number of alkyl halides is 2. The lowest BCUT2D eigenvalue weighted by Gasteiger charge is -2.33. The minimum absolute atomic E-state index is 0.268. The molecule has 0 aromatic heterocycles. The van der Waals surface area contributed by atoms with Crippen molar-refractivity contribution < 1.29 is 39.2 Å². The number of ether oxygens (including phenoxy) is 2. The van der Waals surface area contributed by atoms with Crippen molar-refractivity contribution in [2.24, 2.45) is 0 Å². The number of esters is 2. The topological polar surface area (TPSA) is 130 Å². The Hall–Kier alpha value is -0.930. The fraction of sp³-hybridized carbons (Fsp3) is 0.889. The number of Topliss-reactive ketones (excluding diaryl/α,β-unsaturated/α-hetero) is 1. The van der Waals surface area contributed by atoms with Gasteiger partial charge in [0.25, 0.3) is 0 Å². The zero-order valence-corrected chi connectivity index (χ0v) is 24.3. The third kappa shape index (κ3) is 15.3. The molecule has 3 N–H and O–H groups in total. The number of halogens is 2. The molecule has 0 saturated heterocycles. The molecular weight excluding hydrogens is 523 g/mol. The van der Waals surface area contributed by atoms with Crippen LogP contribution in [0.4, 0.5) is 0 Å². The first-order chi connectivity index (χ1) is 17.5. The van der Waals surface area contributed by atoms with Gasteiger partial charge in [0.05, 0.1) is 0 Å². The van der Waals surface area contributed by atoms with Crippen LogP contribution in [-0.4, -0.2) is 62.0 Å². The average molecular weight is 572 g/mol. The molecule has 0 bridgehead atoms. The first-order valence-corrected chi connectivity index (χ1v) is 14.7. The molecule has 0 aromatic carbocycles. The predicted molar refractivity (Wildman–Crippen MR) is 144 cm³/mol. The van der Waals surface area contributed by atoms with Gasteiger partial charge in [-0.05, 0) is 20.3 Å². The summed E-state index contributed by atoms with van der Waals surface area (Å²) in [5.41, 5.74) is -5.52. The van der Waals surface area contributed by atoms with Gasteiger partial charge in [0.2, 0.25) is 0 Å². The quantitative estimate of drug-likeness (QED) is 0.0830. The lowest BCUT2D eigenvalue weighted by Crippen LogP contribution is -2.63. The van der Waals surface area contributed by atoms with Gasteiger partial charge >= 0.3 is 11.9 Å². The first-order valence-electron chi connectivity index (χ1n) is 13.8. The fourth-order valence-corrected chi connectivity index (χ4v) is 4.30. The van der Waals surface area contributed by atoms with Gasteiger partial charge in [-0.1, -0.05) is 120 Å². The molecule has 10 heteroatoms. The van der Waals surface area contributed by atoms with Crippen LogP contribution in [-0.2, 0) is 23.9 Å². The van der Waals surface area contributed by atoms with Crippen molar-refractivity contribution in [1.29, 1.82) is 0 Å². The van der Waals surface area contributed by atoms with Crippen LogP contribution in [0.5, 0.6) is 0 Å². The van der Waals surface area contributed by atoms with E-state index in [0.29, 0.717) is 12.8 Å². The molecule has 4 unspecified atom stereocenters. The highest BCUT2D eigenvalue weighted by Gasteiger charge is 2.56. The molecule has 218 valence electrons. The molecule has 0 aliphatic heterocycles. The maximum Gasteiger partial charge on any atom is 0.340 e. The second-order valence-corrected chi connectivity index (χ2v) is 10.9. The molecule has 0 rings (SSSR count). The third-order valence-corrected chi connectivity index (χ3v) is 6.47. The van der Waals surface area contributed by atoms with E-state index in [1.165, 1.54) is 78.1 Å². The predicted octanol–water partition coefficient (Wildman–Crippen LogP) is 5.53. The largest absolute Gasteiger partial charge is 0.444 e. The number of rotatable bonds is 23. The fourth-order valence-electron chi connectivity index (χ4n) is 4.12. The van der Waals surface area contributed by atoms with Crippen LogP contribution in [0.2, 0.25) is 0 Å². The molecule has 0 radical (unpaired) electrons. The van der Waals surface area contributed by atoms with E-state index in [1.54, 1.807) is 0 Å². The van der Waals surface area contributed by atoms with Gasteiger partial charge in [-0.3, -0.25) is 4.79 Å². The van der Waals surface area contributed by atoms with Crippen molar-refractivity contribution >= 4 is 40.9 Å². The zero-order valence-electron chi connectivity index (χ0n) is 22.8. The maximum absolute atomic E-state index is 12.8. The Bertz CT molecular complexity index is 614. The Morgan fingerprint density at radius 1 is 0.649 bits per heavy atom. The summed E-state index contributed by atoms with van der Waals surface area (Å²) in [4.78, 5) is 37.0. The van der Waals surface area contributed by atoms with E-state index in [1.807, 2.05) is 0 Å². The van der Waals surface area contributed by atoms with Crippen molar-refractivity contribution in [1.82, 2.24) is 0 Å². The van der Waals surface area contributed by atoms with Crippen LogP contribution in [0.25, 0.3) is 0 Å². The maximum atomic E-state index is 12.8. The van der Waals surface area contributed by atoms with Crippen LogP contribution in [0.15, 0.2) is 0 Å². The molecule has 0 amide bonds. The number of unbranched alkanes of at least 4 members (excludes halogenated alkanes) is 14. The Labute approximate surface area is 232 Å². The van der Waals surface area contributed by atoms with E-state index >= 15 is 0 Å². The molecule has 0 fully saturated rings. The van der Waals surface area contributed by atoms with Crippen LogP contribution in [0.3, 0.4) is 0 Å². The van der Waals surface area contributed by atoms with Crippen LogP contribution in [0.1, 0.15) is 124 Å². The Morgan fingerprint density at radius 2 is 0.946 bits per heavy atom. The van der Waals surface area contributed by atoms with E-state index < -0.39 is 46.7 Å². The van der Waals surface area contributed by atoms with E-state index in [4.69, 9.17) is 23.2 Å². The Morgan fingerprint density at radius 3 is 1.24 bits per heavy atom. The highest BCUT2D eigenvalue weighted by atomic mass is 35.5. The molecule has 0 heterocycles. The molecule has 4 atom stereocenters. The number of carbonyl (C=O) groups excluding carboxylic acids is 3. The van der Waals surface area contributed by atoms with E-state index in [2.05, 4.69) is 16.4 Å². The third-order valence-electron chi connectivity index (χ3n) is 6.29. The zero-order chi connectivity index (χ0) is 28.3. The van der Waals surface area contributed by atoms with Crippen LogP contribution in [0, 0.1) is 0 Å². The molecule has 8 nitrogen and oxygen atoms in total.